The number of hydrogen-bond donors (Lipinski definition) is 1. The third kappa shape index (κ3) is 3.23. The van der Waals surface area contributed by atoms with Crippen LogP contribution in [-0.2, 0) is 4.74 Å². The monoisotopic (exact) mass is 313 g/mol. The Morgan fingerprint density at radius 3 is 2.91 bits per heavy atom. The fourth-order valence-electron chi connectivity index (χ4n) is 2.93. The number of nitrogens with zero attached hydrogens (tertiary/aromatic N) is 2. The first-order valence-corrected chi connectivity index (χ1v) is 7.98. The number of hydrogen-bond acceptors (Lipinski definition) is 3. The van der Waals surface area contributed by atoms with Gasteiger partial charge in [0.1, 0.15) is 11.2 Å². The minimum atomic E-state index is -0.469. The van der Waals surface area contributed by atoms with Gasteiger partial charge in [0.2, 0.25) is 0 Å². The maximum atomic E-state index is 12.3. The van der Waals surface area contributed by atoms with Crippen LogP contribution in [0.1, 0.15) is 39.7 Å². The molecular formula is C18H23N3O2. The maximum absolute atomic E-state index is 12.3. The summed E-state index contributed by atoms with van der Waals surface area (Å²) in [5, 5.41) is 1.12. The van der Waals surface area contributed by atoms with Crippen molar-refractivity contribution in [3.63, 3.8) is 0 Å². The van der Waals surface area contributed by atoms with Gasteiger partial charge in [0, 0.05) is 29.9 Å². The molecule has 1 unspecified atom stereocenters. The molecule has 0 bridgehead atoms. The lowest BCUT2D eigenvalue weighted by Crippen LogP contribution is -2.43. The predicted octanol–water partition coefficient (Wildman–Crippen LogP) is 3.98. The van der Waals surface area contributed by atoms with Gasteiger partial charge in [-0.2, -0.15) is 0 Å². The average molecular weight is 313 g/mol. The third-order valence-electron chi connectivity index (χ3n) is 3.98. The fourth-order valence-corrected chi connectivity index (χ4v) is 2.93. The molecule has 0 aromatic carbocycles. The average Bonchev–Trinajstić information content (AvgIpc) is 2.89. The number of ether oxygens (including phenoxy) is 1. The Bertz CT molecular complexity index is 755. The summed E-state index contributed by atoms with van der Waals surface area (Å²) in [7, 11) is 0. The Morgan fingerprint density at radius 2 is 2.22 bits per heavy atom. The standard InChI is InChI=1S/C18H23N3O2/c1-12-10-13(7-9-21(12)17(22)23-18(2,3)4)15-11-20-16-14(15)6-5-8-19-16/h5-6,8,10-12H,7,9H2,1-4H3,(H,19,20). The van der Waals surface area contributed by atoms with Crippen LogP contribution < -0.4 is 0 Å². The summed E-state index contributed by atoms with van der Waals surface area (Å²) in [5.41, 5.74) is 2.84. The minimum Gasteiger partial charge on any atom is -0.444 e. The first-order chi connectivity index (χ1) is 10.8. The summed E-state index contributed by atoms with van der Waals surface area (Å²) < 4.78 is 5.49. The number of aromatic amines is 1. The normalized spacial score (nSPS) is 18.9. The largest absolute Gasteiger partial charge is 0.444 e. The van der Waals surface area contributed by atoms with Gasteiger partial charge in [-0.3, -0.25) is 0 Å². The van der Waals surface area contributed by atoms with Gasteiger partial charge in [0.25, 0.3) is 0 Å². The highest BCUT2D eigenvalue weighted by atomic mass is 16.6. The number of carbonyl (C=O) groups excluding carboxylic acids is 1. The van der Waals surface area contributed by atoms with Crippen molar-refractivity contribution in [3.8, 4) is 0 Å². The molecule has 1 N–H and O–H groups in total. The molecular weight excluding hydrogens is 290 g/mol. The van der Waals surface area contributed by atoms with E-state index in [1.54, 1.807) is 11.1 Å². The zero-order chi connectivity index (χ0) is 16.6. The molecule has 1 atom stereocenters. The van der Waals surface area contributed by atoms with Crippen LogP contribution in [0, 0.1) is 0 Å². The Balaban J connectivity index is 1.83. The quantitative estimate of drug-likeness (QED) is 0.866. The number of carbonyl (C=O) groups is 1. The van der Waals surface area contributed by atoms with Crippen molar-refractivity contribution in [3.05, 3.63) is 36.2 Å². The summed E-state index contributed by atoms with van der Waals surface area (Å²) in [6, 6.07) is 4.02. The predicted molar refractivity (Wildman–Crippen MR) is 91.1 cm³/mol. The summed E-state index contributed by atoms with van der Waals surface area (Å²) in [6.07, 6.45) is 6.49. The number of aromatic nitrogens is 2. The van der Waals surface area contributed by atoms with Crippen LogP contribution in [0.15, 0.2) is 30.6 Å². The van der Waals surface area contributed by atoms with E-state index in [-0.39, 0.29) is 12.1 Å². The number of nitrogens with one attached hydrogen (secondary N) is 1. The molecule has 0 fully saturated rings. The van der Waals surface area contributed by atoms with E-state index < -0.39 is 5.60 Å². The number of rotatable bonds is 1. The van der Waals surface area contributed by atoms with Crippen LogP contribution in [0.5, 0.6) is 0 Å². The first-order valence-electron chi connectivity index (χ1n) is 7.98. The number of fused-ring (bicyclic) bond motifs is 1. The van der Waals surface area contributed by atoms with Gasteiger partial charge in [0.05, 0.1) is 6.04 Å². The smallest absolute Gasteiger partial charge is 0.410 e. The van der Waals surface area contributed by atoms with E-state index in [1.807, 2.05) is 40.0 Å². The molecule has 1 aliphatic heterocycles. The van der Waals surface area contributed by atoms with Gasteiger partial charge in [0.15, 0.2) is 0 Å². The highest BCUT2D eigenvalue weighted by Crippen LogP contribution is 2.30. The van der Waals surface area contributed by atoms with Crippen molar-refractivity contribution in [2.75, 3.05) is 6.54 Å². The number of pyridine rings is 1. The van der Waals surface area contributed by atoms with Crippen molar-refractivity contribution in [1.29, 1.82) is 0 Å². The van der Waals surface area contributed by atoms with E-state index in [1.165, 1.54) is 11.1 Å². The Labute approximate surface area is 136 Å². The molecule has 3 rings (SSSR count). The SMILES string of the molecule is CC1C=C(c2c[nH]c3ncccc23)CCN1C(=O)OC(C)(C)C. The van der Waals surface area contributed by atoms with E-state index in [0.717, 1.165) is 17.5 Å². The van der Waals surface area contributed by atoms with Crippen LogP contribution >= 0.6 is 0 Å². The van der Waals surface area contributed by atoms with Gasteiger partial charge in [-0.15, -0.1) is 0 Å². The fraction of sp³-hybridized carbons (Fsp3) is 0.444. The molecule has 1 amide bonds. The van der Waals surface area contributed by atoms with E-state index in [2.05, 4.69) is 22.1 Å². The number of H-pyrrole nitrogens is 1. The van der Waals surface area contributed by atoms with Crippen molar-refractivity contribution in [2.24, 2.45) is 0 Å². The van der Waals surface area contributed by atoms with Gasteiger partial charge in [-0.25, -0.2) is 9.78 Å². The van der Waals surface area contributed by atoms with Gasteiger partial charge >= 0.3 is 6.09 Å². The molecule has 2 aromatic rings. The lowest BCUT2D eigenvalue weighted by molar-refractivity contribution is 0.0209. The Kier molecular flexibility index (Phi) is 3.88. The van der Waals surface area contributed by atoms with Crippen LogP contribution in [-0.4, -0.2) is 39.1 Å². The topological polar surface area (TPSA) is 58.2 Å². The zero-order valence-electron chi connectivity index (χ0n) is 14.1. The zero-order valence-corrected chi connectivity index (χ0v) is 14.1. The van der Waals surface area contributed by atoms with Crippen LogP contribution in [0.25, 0.3) is 16.6 Å². The van der Waals surface area contributed by atoms with Crippen LogP contribution in [0.4, 0.5) is 4.79 Å². The third-order valence-corrected chi connectivity index (χ3v) is 3.98. The van der Waals surface area contributed by atoms with Crippen LogP contribution in [0.2, 0.25) is 0 Å². The lowest BCUT2D eigenvalue weighted by atomic mass is 9.96. The van der Waals surface area contributed by atoms with Gasteiger partial charge < -0.3 is 14.6 Å². The summed E-state index contributed by atoms with van der Waals surface area (Å²) in [5.74, 6) is 0. The molecule has 5 nitrogen and oxygen atoms in total. The summed E-state index contributed by atoms with van der Waals surface area (Å²) >= 11 is 0. The first kappa shape index (κ1) is 15.6. The summed E-state index contributed by atoms with van der Waals surface area (Å²) in [6.45, 7) is 8.35. The molecule has 5 heteroatoms. The van der Waals surface area contributed by atoms with Crippen molar-refractivity contribution in [2.45, 2.75) is 45.8 Å². The molecule has 0 spiro atoms. The van der Waals surface area contributed by atoms with Crippen molar-refractivity contribution in [1.82, 2.24) is 14.9 Å². The molecule has 0 saturated heterocycles. The maximum Gasteiger partial charge on any atom is 0.410 e. The second-order valence-corrected chi connectivity index (χ2v) is 6.96. The molecule has 1 aliphatic rings. The molecule has 0 saturated carbocycles. The lowest BCUT2D eigenvalue weighted by Gasteiger charge is -2.34. The van der Waals surface area contributed by atoms with Gasteiger partial charge in [-0.05, 0) is 51.8 Å². The van der Waals surface area contributed by atoms with Crippen molar-refractivity contribution < 1.29 is 9.53 Å². The molecule has 122 valence electrons. The molecule has 3 heterocycles. The van der Waals surface area contributed by atoms with E-state index >= 15 is 0 Å². The second-order valence-electron chi connectivity index (χ2n) is 6.96. The molecule has 23 heavy (non-hydrogen) atoms. The van der Waals surface area contributed by atoms with E-state index in [0.29, 0.717) is 6.54 Å². The Morgan fingerprint density at radius 1 is 1.43 bits per heavy atom. The van der Waals surface area contributed by atoms with E-state index in [9.17, 15) is 4.79 Å². The molecule has 0 aliphatic carbocycles. The number of amides is 1. The van der Waals surface area contributed by atoms with Crippen molar-refractivity contribution >= 4 is 22.7 Å². The molecule has 2 aromatic heterocycles. The minimum absolute atomic E-state index is 0.00946. The summed E-state index contributed by atoms with van der Waals surface area (Å²) in [4.78, 5) is 21.6. The van der Waals surface area contributed by atoms with Gasteiger partial charge in [-0.1, -0.05) is 6.08 Å². The second kappa shape index (κ2) is 5.72. The van der Waals surface area contributed by atoms with Crippen LogP contribution in [0.3, 0.4) is 0 Å². The van der Waals surface area contributed by atoms with E-state index in [4.69, 9.17) is 4.74 Å². The highest BCUT2D eigenvalue weighted by molar-refractivity contribution is 5.91. The molecule has 0 radical (unpaired) electrons. The Hall–Kier alpha value is -2.30. The highest BCUT2D eigenvalue weighted by Gasteiger charge is 2.28.